The Kier molecular flexibility index (Phi) is 5.51. The molecule has 2 aromatic carbocycles. The van der Waals surface area contributed by atoms with Crippen LogP contribution in [0.3, 0.4) is 0 Å². The molecule has 7 nitrogen and oxygen atoms in total. The van der Waals surface area contributed by atoms with E-state index < -0.39 is 11.9 Å². The molecule has 0 heterocycles. The first kappa shape index (κ1) is 17.0. The lowest BCUT2D eigenvalue weighted by molar-refractivity contribution is -0.114. The number of rotatable bonds is 6. The van der Waals surface area contributed by atoms with Gasteiger partial charge in [-0.2, -0.15) is 0 Å². The van der Waals surface area contributed by atoms with E-state index in [2.05, 4.69) is 15.4 Å². The molecule has 0 spiro atoms. The molecule has 0 radical (unpaired) electrons. The topological polar surface area (TPSA) is 111 Å². The van der Waals surface area contributed by atoms with Gasteiger partial charge >= 0.3 is 5.97 Å². The molecular formula is C17H17N3O4. The van der Waals surface area contributed by atoms with Gasteiger partial charge in [0.2, 0.25) is 5.91 Å². The molecule has 0 fully saturated rings. The number of primary amides is 1. The van der Waals surface area contributed by atoms with Gasteiger partial charge in [0.1, 0.15) is 0 Å². The molecule has 0 aromatic heterocycles. The van der Waals surface area contributed by atoms with Gasteiger partial charge in [-0.25, -0.2) is 4.79 Å². The second-order valence-electron chi connectivity index (χ2n) is 4.88. The van der Waals surface area contributed by atoms with E-state index in [-0.39, 0.29) is 18.0 Å². The highest BCUT2D eigenvalue weighted by atomic mass is 16.5. The molecule has 2 aromatic rings. The number of carbonyl (C=O) groups excluding carboxylic acids is 3. The van der Waals surface area contributed by atoms with E-state index in [1.807, 2.05) is 0 Å². The van der Waals surface area contributed by atoms with Crippen LogP contribution >= 0.6 is 0 Å². The fourth-order valence-corrected chi connectivity index (χ4v) is 2.03. The van der Waals surface area contributed by atoms with Gasteiger partial charge in [-0.3, -0.25) is 9.59 Å². The first-order valence-electron chi connectivity index (χ1n) is 7.12. The summed E-state index contributed by atoms with van der Waals surface area (Å²) in [4.78, 5) is 34.6. The maximum Gasteiger partial charge on any atom is 0.337 e. The first-order chi connectivity index (χ1) is 11.5. The average molecular weight is 327 g/mol. The van der Waals surface area contributed by atoms with Gasteiger partial charge in [-0.15, -0.1) is 0 Å². The van der Waals surface area contributed by atoms with Crippen molar-refractivity contribution in [2.45, 2.75) is 0 Å². The van der Waals surface area contributed by atoms with Crippen LogP contribution in [0.1, 0.15) is 20.7 Å². The number of anilines is 2. The van der Waals surface area contributed by atoms with Gasteiger partial charge in [0.05, 0.1) is 30.5 Å². The number of hydrogen-bond donors (Lipinski definition) is 3. The van der Waals surface area contributed by atoms with Gasteiger partial charge in [-0.1, -0.05) is 12.1 Å². The van der Waals surface area contributed by atoms with E-state index in [0.29, 0.717) is 16.9 Å². The van der Waals surface area contributed by atoms with Crippen molar-refractivity contribution in [1.82, 2.24) is 0 Å². The zero-order valence-electron chi connectivity index (χ0n) is 13.0. The molecule has 4 N–H and O–H groups in total. The highest BCUT2D eigenvalue weighted by Crippen LogP contribution is 2.14. The third-order valence-electron chi connectivity index (χ3n) is 3.23. The molecule has 124 valence electrons. The summed E-state index contributed by atoms with van der Waals surface area (Å²) in [7, 11) is 1.31. The molecule has 0 aliphatic rings. The number of esters is 1. The van der Waals surface area contributed by atoms with Crippen LogP contribution < -0.4 is 16.4 Å². The van der Waals surface area contributed by atoms with Crippen LogP contribution in [0.4, 0.5) is 11.4 Å². The van der Waals surface area contributed by atoms with E-state index in [1.54, 1.807) is 42.5 Å². The summed E-state index contributed by atoms with van der Waals surface area (Å²) in [5.41, 5.74) is 6.95. The number of hydrogen-bond acceptors (Lipinski definition) is 5. The monoisotopic (exact) mass is 327 g/mol. The number of methoxy groups -OCH3 is 1. The van der Waals surface area contributed by atoms with E-state index in [4.69, 9.17) is 5.73 Å². The maximum atomic E-state index is 12.0. The Morgan fingerprint density at radius 2 is 1.71 bits per heavy atom. The number of nitrogens with two attached hydrogens (primary N) is 1. The standard InChI is InChI=1S/C17H17N3O4/c1-24-17(23)11-6-8-12(9-7-11)19-10-15(21)20-14-5-3-2-4-13(14)16(18)22/h2-9,19H,10H2,1H3,(H2,18,22)(H,20,21). The second-order valence-corrected chi connectivity index (χ2v) is 4.88. The van der Waals surface area contributed by atoms with E-state index in [1.165, 1.54) is 13.2 Å². The molecule has 24 heavy (non-hydrogen) atoms. The summed E-state index contributed by atoms with van der Waals surface area (Å²) in [5.74, 6) is -1.37. The van der Waals surface area contributed by atoms with Crippen LogP contribution in [-0.2, 0) is 9.53 Å². The summed E-state index contributed by atoms with van der Waals surface area (Å²) in [5, 5.41) is 5.54. The van der Waals surface area contributed by atoms with Crippen LogP contribution in [0.5, 0.6) is 0 Å². The number of para-hydroxylation sites is 1. The quantitative estimate of drug-likeness (QED) is 0.698. The van der Waals surface area contributed by atoms with Gasteiger partial charge < -0.3 is 21.1 Å². The van der Waals surface area contributed by atoms with Crippen LogP contribution in [-0.4, -0.2) is 31.4 Å². The van der Waals surface area contributed by atoms with Crippen LogP contribution in [0.15, 0.2) is 48.5 Å². The molecule has 0 aliphatic heterocycles. The summed E-state index contributed by atoms with van der Waals surface area (Å²) in [6.45, 7) is -0.00926. The second kappa shape index (κ2) is 7.77. The minimum atomic E-state index is -0.614. The highest BCUT2D eigenvalue weighted by molar-refractivity contribution is 6.03. The molecule has 2 rings (SSSR count). The Bertz CT molecular complexity index is 757. The number of nitrogens with one attached hydrogen (secondary N) is 2. The fraction of sp³-hybridized carbons (Fsp3) is 0.118. The van der Waals surface area contributed by atoms with Crippen molar-refractivity contribution in [3.8, 4) is 0 Å². The van der Waals surface area contributed by atoms with Crippen molar-refractivity contribution >= 4 is 29.2 Å². The third-order valence-corrected chi connectivity index (χ3v) is 3.23. The number of carbonyl (C=O) groups is 3. The predicted octanol–water partition coefficient (Wildman–Crippen LogP) is 1.62. The van der Waals surface area contributed by atoms with Crippen LogP contribution in [0.2, 0.25) is 0 Å². The minimum Gasteiger partial charge on any atom is -0.465 e. The molecule has 0 saturated carbocycles. The van der Waals surface area contributed by atoms with E-state index in [9.17, 15) is 14.4 Å². The van der Waals surface area contributed by atoms with Crippen LogP contribution in [0, 0.1) is 0 Å². The summed E-state index contributed by atoms with van der Waals surface area (Å²) >= 11 is 0. The van der Waals surface area contributed by atoms with Crippen molar-refractivity contribution in [3.05, 3.63) is 59.7 Å². The smallest absolute Gasteiger partial charge is 0.337 e. The highest BCUT2D eigenvalue weighted by Gasteiger charge is 2.10. The Hall–Kier alpha value is -3.35. The van der Waals surface area contributed by atoms with Gasteiger partial charge in [0, 0.05) is 5.69 Å². The summed E-state index contributed by atoms with van der Waals surface area (Å²) < 4.78 is 4.61. The predicted molar refractivity (Wildman–Crippen MR) is 89.9 cm³/mol. The Labute approximate surface area is 138 Å². The number of amides is 2. The lowest BCUT2D eigenvalue weighted by atomic mass is 10.1. The van der Waals surface area contributed by atoms with Crippen molar-refractivity contribution in [2.24, 2.45) is 5.73 Å². The minimum absolute atomic E-state index is 0.00926. The molecule has 7 heteroatoms. The molecular weight excluding hydrogens is 310 g/mol. The summed E-state index contributed by atoms with van der Waals surface area (Å²) in [6, 6.07) is 13.0. The Balaban J connectivity index is 1.94. The first-order valence-corrected chi connectivity index (χ1v) is 7.12. The lowest BCUT2D eigenvalue weighted by Gasteiger charge is -2.10. The molecule has 0 bridgehead atoms. The van der Waals surface area contributed by atoms with Crippen molar-refractivity contribution in [1.29, 1.82) is 0 Å². The zero-order chi connectivity index (χ0) is 17.5. The average Bonchev–Trinajstić information content (AvgIpc) is 2.60. The maximum absolute atomic E-state index is 12.0. The number of ether oxygens (including phenoxy) is 1. The SMILES string of the molecule is COC(=O)c1ccc(NCC(=O)Nc2ccccc2C(N)=O)cc1. The molecule has 0 unspecified atom stereocenters. The summed E-state index contributed by atoms with van der Waals surface area (Å²) in [6.07, 6.45) is 0. The van der Waals surface area contributed by atoms with E-state index in [0.717, 1.165) is 0 Å². The van der Waals surface area contributed by atoms with Gasteiger partial charge in [-0.05, 0) is 36.4 Å². The Morgan fingerprint density at radius 3 is 2.33 bits per heavy atom. The zero-order valence-corrected chi connectivity index (χ0v) is 13.0. The third kappa shape index (κ3) is 4.33. The largest absolute Gasteiger partial charge is 0.465 e. The molecule has 0 aliphatic carbocycles. The lowest BCUT2D eigenvalue weighted by Crippen LogP contribution is -2.24. The van der Waals surface area contributed by atoms with Gasteiger partial charge in [0.15, 0.2) is 0 Å². The molecule has 0 atom stereocenters. The van der Waals surface area contributed by atoms with Crippen molar-refractivity contribution < 1.29 is 19.1 Å². The van der Waals surface area contributed by atoms with Gasteiger partial charge in [0.25, 0.3) is 5.91 Å². The number of benzene rings is 2. The Morgan fingerprint density at radius 1 is 1.04 bits per heavy atom. The normalized spacial score (nSPS) is 9.88. The molecule has 0 saturated heterocycles. The van der Waals surface area contributed by atoms with Crippen molar-refractivity contribution in [2.75, 3.05) is 24.3 Å². The molecule has 2 amide bonds. The van der Waals surface area contributed by atoms with Crippen LogP contribution in [0.25, 0.3) is 0 Å². The van der Waals surface area contributed by atoms with Crippen molar-refractivity contribution in [3.63, 3.8) is 0 Å². The van der Waals surface area contributed by atoms with E-state index >= 15 is 0 Å². The fourth-order valence-electron chi connectivity index (χ4n) is 2.03.